The number of ketones is 4. The smallest absolute Gasteiger partial charge is 0.384 e. The van der Waals surface area contributed by atoms with Crippen LogP contribution in [0.15, 0.2) is 6.07 Å². The fourth-order valence-corrected chi connectivity index (χ4v) is 5.97. The van der Waals surface area contributed by atoms with Crippen LogP contribution in [0.4, 0.5) is 5.69 Å². The number of phenolic OH excluding ortho intramolecular Hbond substituents is 1. The van der Waals surface area contributed by atoms with Gasteiger partial charge in [-0.25, -0.2) is 4.79 Å². The fourth-order valence-electron chi connectivity index (χ4n) is 5.97. The second-order valence-electron chi connectivity index (χ2n) is 10.5. The number of hydrogen-bond acceptors (Lipinski definition) is 10. The average Bonchev–Trinajstić information content (AvgIpc) is 2.85. The standard InChI is InChI=1S/C28H30N2O9/c1-4-5-8-39-19(32)7-6-13-11-17(30(2)3)16-10-14-9-15-12-18(31)22(27(29)37)26(36)28(15,38)25(35)20(14)24(34)21(16)23(13)33/h11,14-15,20,22,33,38H,4-5,8-10,12H2,1-3H3,(H2,29,37)/t14-,15+,20?,22?,28+/m1/s1. The van der Waals surface area contributed by atoms with Gasteiger partial charge in [-0.2, -0.15) is 0 Å². The van der Waals surface area contributed by atoms with Gasteiger partial charge in [-0.15, -0.1) is 0 Å². The highest BCUT2D eigenvalue weighted by atomic mass is 16.5. The van der Waals surface area contributed by atoms with E-state index in [1.54, 1.807) is 19.0 Å². The van der Waals surface area contributed by atoms with Crippen LogP contribution in [0, 0.1) is 35.5 Å². The molecule has 3 aliphatic rings. The number of benzene rings is 1. The van der Waals surface area contributed by atoms with Gasteiger partial charge in [0.15, 0.2) is 34.7 Å². The highest BCUT2D eigenvalue weighted by Gasteiger charge is 2.66. The molecule has 1 amide bonds. The molecule has 2 unspecified atom stereocenters. The third-order valence-corrected chi connectivity index (χ3v) is 7.89. The van der Waals surface area contributed by atoms with Crippen LogP contribution in [0.3, 0.4) is 0 Å². The molecular weight excluding hydrogens is 508 g/mol. The van der Waals surface area contributed by atoms with Crippen molar-refractivity contribution in [3.8, 4) is 17.6 Å². The summed E-state index contributed by atoms with van der Waals surface area (Å²) < 4.78 is 5.01. The zero-order chi connectivity index (χ0) is 28.8. The van der Waals surface area contributed by atoms with Gasteiger partial charge < -0.3 is 25.6 Å². The summed E-state index contributed by atoms with van der Waals surface area (Å²) in [5, 5.41) is 22.4. The molecule has 1 aromatic rings. The molecule has 1 aromatic carbocycles. The molecule has 0 radical (unpaired) electrons. The van der Waals surface area contributed by atoms with Crippen molar-refractivity contribution in [2.45, 2.75) is 44.6 Å². The minimum atomic E-state index is -2.72. The number of anilines is 1. The van der Waals surface area contributed by atoms with Gasteiger partial charge in [-0.3, -0.25) is 24.0 Å². The number of Topliss-reactive ketones (excluding diaryl/α,β-unsaturated/α-hetero) is 4. The summed E-state index contributed by atoms with van der Waals surface area (Å²) in [4.78, 5) is 78.5. The first-order chi connectivity index (χ1) is 18.3. The average molecular weight is 539 g/mol. The third kappa shape index (κ3) is 4.48. The number of fused-ring (bicyclic) bond motifs is 3. The number of carbonyl (C=O) groups excluding carboxylic acids is 6. The summed E-state index contributed by atoms with van der Waals surface area (Å²) in [6, 6.07) is 1.53. The predicted octanol–water partition coefficient (Wildman–Crippen LogP) is 0.0877. The maximum atomic E-state index is 13.8. The SMILES string of the molecule is CCCCOC(=O)C#Cc1cc(N(C)C)c2c(c1O)C(=O)C1C(=O)[C@]3(O)C(=O)C(C(N)=O)C(=O)C[C@@H]3C[C@@H]1C2. The normalized spacial score (nSPS) is 27.5. The molecule has 2 fully saturated rings. The second kappa shape index (κ2) is 10.3. The molecule has 39 heavy (non-hydrogen) atoms. The van der Waals surface area contributed by atoms with E-state index in [9.17, 15) is 39.0 Å². The zero-order valence-corrected chi connectivity index (χ0v) is 21.9. The van der Waals surface area contributed by atoms with Crippen molar-refractivity contribution < 1.29 is 43.7 Å². The number of amides is 1. The quantitative estimate of drug-likeness (QED) is 0.201. The Morgan fingerprint density at radius 2 is 1.87 bits per heavy atom. The first-order valence-electron chi connectivity index (χ1n) is 12.8. The molecule has 3 aliphatic carbocycles. The van der Waals surface area contributed by atoms with Gasteiger partial charge in [0.25, 0.3) is 0 Å². The van der Waals surface area contributed by atoms with E-state index in [1.807, 2.05) is 6.92 Å². The van der Waals surface area contributed by atoms with Gasteiger partial charge in [0.05, 0.1) is 23.7 Å². The lowest BCUT2D eigenvalue weighted by Crippen LogP contribution is -2.68. The van der Waals surface area contributed by atoms with E-state index in [4.69, 9.17) is 10.5 Å². The topological polar surface area (TPSA) is 181 Å². The molecular formula is C28H30N2O9. The van der Waals surface area contributed by atoms with Crippen molar-refractivity contribution in [2.24, 2.45) is 29.4 Å². The molecule has 0 aliphatic heterocycles. The first-order valence-corrected chi connectivity index (χ1v) is 12.8. The van der Waals surface area contributed by atoms with Gasteiger partial charge in [0.1, 0.15) is 5.75 Å². The molecule has 206 valence electrons. The molecule has 11 nitrogen and oxygen atoms in total. The van der Waals surface area contributed by atoms with Crippen molar-refractivity contribution in [2.75, 3.05) is 25.6 Å². The Labute approximate surface area is 224 Å². The summed E-state index contributed by atoms with van der Waals surface area (Å²) in [7, 11) is 3.43. The van der Waals surface area contributed by atoms with Crippen molar-refractivity contribution in [1.82, 2.24) is 0 Å². The highest BCUT2D eigenvalue weighted by molar-refractivity contribution is 6.31. The van der Waals surface area contributed by atoms with Crippen molar-refractivity contribution in [3.63, 3.8) is 0 Å². The Morgan fingerprint density at radius 1 is 1.18 bits per heavy atom. The number of aromatic hydroxyl groups is 1. The summed E-state index contributed by atoms with van der Waals surface area (Å²) >= 11 is 0. The maximum absolute atomic E-state index is 13.8. The lowest BCUT2D eigenvalue weighted by molar-refractivity contribution is -0.175. The van der Waals surface area contributed by atoms with Crippen molar-refractivity contribution in [1.29, 1.82) is 0 Å². The van der Waals surface area contributed by atoms with Gasteiger partial charge in [-0.05, 0) is 36.8 Å². The number of carbonyl (C=O) groups is 6. The lowest BCUT2D eigenvalue weighted by atomic mass is 9.53. The molecule has 11 heteroatoms. The van der Waals surface area contributed by atoms with Gasteiger partial charge in [-0.1, -0.05) is 19.3 Å². The van der Waals surface area contributed by atoms with E-state index in [1.165, 1.54) is 6.07 Å². The monoisotopic (exact) mass is 538 g/mol. The van der Waals surface area contributed by atoms with Crippen LogP contribution in [0.2, 0.25) is 0 Å². The van der Waals surface area contributed by atoms with Crippen LogP contribution in [0.5, 0.6) is 5.75 Å². The molecule has 5 atom stereocenters. The number of aliphatic hydroxyl groups is 1. The molecule has 0 bridgehead atoms. The van der Waals surface area contributed by atoms with E-state index in [-0.39, 0.29) is 30.6 Å². The van der Waals surface area contributed by atoms with Crippen LogP contribution < -0.4 is 10.6 Å². The van der Waals surface area contributed by atoms with Gasteiger partial charge in [0.2, 0.25) is 5.91 Å². The molecule has 0 spiro atoms. The molecule has 4 rings (SSSR count). The number of esters is 1. The molecule has 2 saturated carbocycles. The number of unbranched alkanes of at least 4 members (excludes halogenated alkanes) is 1. The zero-order valence-electron chi connectivity index (χ0n) is 21.9. The van der Waals surface area contributed by atoms with Crippen LogP contribution in [0.1, 0.15) is 54.1 Å². The Morgan fingerprint density at radius 3 is 2.49 bits per heavy atom. The number of phenols is 1. The van der Waals surface area contributed by atoms with Crippen LogP contribution in [-0.4, -0.2) is 71.5 Å². The Kier molecular flexibility index (Phi) is 7.36. The number of ether oxygens (including phenoxy) is 1. The molecule has 0 heterocycles. The number of hydrogen-bond donors (Lipinski definition) is 3. The van der Waals surface area contributed by atoms with E-state index in [0.717, 1.165) is 6.42 Å². The summed E-state index contributed by atoms with van der Waals surface area (Å²) in [5.74, 6) is -6.98. The van der Waals surface area contributed by atoms with Crippen molar-refractivity contribution >= 4 is 40.7 Å². The Hall–Kier alpha value is -4.04. The van der Waals surface area contributed by atoms with E-state index in [0.29, 0.717) is 17.7 Å². The minimum Gasteiger partial charge on any atom is -0.506 e. The molecule has 4 N–H and O–H groups in total. The lowest BCUT2D eigenvalue weighted by Gasteiger charge is -2.48. The molecule has 0 saturated heterocycles. The van der Waals surface area contributed by atoms with E-state index < -0.39 is 76.5 Å². The van der Waals surface area contributed by atoms with Gasteiger partial charge >= 0.3 is 5.97 Å². The van der Waals surface area contributed by atoms with Crippen LogP contribution in [0.25, 0.3) is 0 Å². The summed E-state index contributed by atoms with van der Waals surface area (Å²) in [6.45, 7) is 2.13. The maximum Gasteiger partial charge on any atom is 0.384 e. The first kappa shape index (κ1) is 28.0. The minimum absolute atomic E-state index is 0.000162. The van der Waals surface area contributed by atoms with E-state index in [2.05, 4.69) is 11.8 Å². The van der Waals surface area contributed by atoms with Crippen molar-refractivity contribution in [3.05, 3.63) is 22.8 Å². The third-order valence-electron chi connectivity index (χ3n) is 7.89. The number of nitrogens with zero attached hydrogens (tertiary/aromatic N) is 1. The highest BCUT2D eigenvalue weighted by Crippen LogP contribution is 2.51. The summed E-state index contributed by atoms with van der Waals surface area (Å²) in [5.41, 5.74) is 3.23. The largest absolute Gasteiger partial charge is 0.506 e. The van der Waals surface area contributed by atoms with Crippen LogP contribution in [-0.2, 0) is 35.1 Å². The Balaban J connectivity index is 1.77. The van der Waals surface area contributed by atoms with Gasteiger partial charge in [0, 0.05) is 38.0 Å². The Bertz CT molecular complexity index is 1370. The van der Waals surface area contributed by atoms with Crippen LogP contribution >= 0.6 is 0 Å². The fraction of sp³-hybridized carbons (Fsp3) is 0.500. The number of nitrogens with two attached hydrogens (primary N) is 1. The number of rotatable bonds is 5. The predicted molar refractivity (Wildman–Crippen MR) is 136 cm³/mol. The molecule has 0 aromatic heterocycles. The number of primary amides is 1. The second-order valence-corrected chi connectivity index (χ2v) is 10.5. The van der Waals surface area contributed by atoms with E-state index >= 15 is 0 Å². The summed E-state index contributed by atoms with van der Waals surface area (Å²) in [6.07, 6.45) is 1.22.